The molecule has 0 aromatic heterocycles. The predicted molar refractivity (Wildman–Crippen MR) is 151 cm³/mol. The lowest BCUT2D eigenvalue weighted by molar-refractivity contribution is -0.172. The third-order valence-corrected chi connectivity index (χ3v) is 12.2. The van der Waals surface area contributed by atoms with Gasteiger partial charge in [-0.2, -0.15) is 0 Å². The number of aliphatic carboxylic acids is 1. The normalized spacial score (nSPS) is 41.0. The number of fused-ring (bicyclic) bond motifs is 5. The molecule has 0 spiro atoms. The Balaban J connectivity index is 1.20. The summed E-state index contributed by atoms with van der Waals surface area (Å²) in [5.41, 5.74) is 1.26. The molecule has 4 aliphatic rings. The van der Waals surface area contributed by atoms with Gasteiger partial charge in [0, 0.05) is 12.8 Å². The van der Waals surface area contributed by atoms with Crippen LogP contribution in [-0.2, 0) is 16.0 Å². The lowest BCUT2D eigenvalue weighted by atomic mass is 9.44. The summed E-state index contributed by atoms with van der Waals surface area (Å²) in [6, 6.07) is 8.52. The van der Waals surface area contributed by atoms with Crippen LogP contribution in [0.5, 0.6) is 0 Å². The minimum absolute atomic E-state index is 0.130. The van der Waals surface area contributed by atoms with Crippen LogP contribution in [0, 0.1) is 46.3 Å². The van der Waals surface area contributed by atoms with E-state index in [-0.39, 0.29) is 41.3 Å². The lowest BCUT2D eigenvalue weighted by Crippen LogP contribution is -2.58. The molecule has 216 valence electrons. The van der Waals surface area contributed by atoms with Crippen LogP contribution in [0.3, 0.4) is 0 Å². The summed E-state index contributed by atoms with van der Waals surface area (Å²) in [7, 11) is 0. The predicted octanol–water partition coefficient (Wildman–Crippen LogP) is 5.21. The monoisotopic (exact) mass is 539 g/mol. The zero-order chi connectivity index (χ0) is 27.9. The standard InChI is InChI=1S/C33H49NO5/c1-20(9-12-30(37)34-28(31(38)39)17-21-7-5-4-6-8-21)24-10-11-25-23-19-29(36)27-18-22(35)13-15-33(27,3)26(23)14-16-32(24,25)2/h4-8,20,22-29,35-36H,9-19H2,1-3H3,(H,34,37)(H,38,39)/t20-,22-,23+,24-,25+,26+,27+,28+,29+,32-,33-/m1/s1. The molecule has 0 aliphatic heterocycles. The van der Waals surface area contributed by atoms with E-state index in [4.69, 9.17) is 0 Å². The van der Waals surface area contributed by atoms with Crippen molar-refractivity contribution < 1.29 is 24.9 Å². The van der Waals surface area contributed by atoms with Crippen molar-refractivity contribution in [3.8, 4) is 0 Å². The van der Waals surface area contributed by atoms with Crippen LogP contribution >= 0.6 is 0 Å². The molecule has 39 heavy (non-hydrogen) atoms. The van der Waals surface area contributed by atoms with Crippen molar-refractivity contribution in [2.75, 3.05) is 0 Å². The summed E-state index contributed by atoms with van der Waals surface area (Å²) in [6.07, 6.45) is 9.13. The van der Waals surface area contributed by atoms with Gasteiger partial charge in [-0.05, 0) is 110 Å². The van der Waals surface area contributed by atoms with Gasteiger partial charge in [0.15, 0.2) is 0 Å². The van der Waals surface area contributed by atoms with Gasteiger partial charge in [-0.1, -0.05) is 51.1 Å². The Morgan fingerprint density at radius 2 is 1.64 bits per heavy atom. The van der Waals surface area contributed by atoms with Crippen LogP contribution in [0.4, 0.5) is 0 Å². The SMILES string of the molecule is C[C@H](CCC(=O)N[C@@H](Cc1ccccc1)C(=O)O)[C@H]1CC[C@H]2[C@@H]3C[C@H](O)[C@@H]4C[C@H](O)CC[C@]4(C)[C@H]3CC[C@]12C. The van der Waals surface area contributed by atoms with Crippen LogP contribution in [0.2, 0.25) is 0 Å². The van der Waals surface area contributed by atoms with E-state index in [1.165, 1.54) is 25.7 Å². The first-order chi connectivity index (χ1) is 18.5. The van der Waals surface area contributed by atoms with Gasteiger partial charge in [-0.15, -0.1) is 0 Å². The first kappa shape index (κ1) is 28.6. The van der Waals surface area contributed by atoms with E-state index in [0.29, 0.717) is 36.0 Å². The topological polar surface area (TPSA) is 107 Å². The van der Waals surface area contributed by atoms with Crippen molar-refractivity contribution in [1.29, 1.82) is 0 Å². The molecule has 4 N–H and O–H groups in total. The summed E-state index contributed by atoms with van der Waals surface area (Å²) < 4.78 is 0. The van der Waals surface area contributed by atoms with E-state index in [1.807, 2.05) is 30.3 Å². The fraction of sp³-hybridized carbons (Fsp3) is 0.758. The quantitative estimate of drug-likeness (QED) is 0.363. The van der Waals surface area contributed by atoms with Gasteiger partial charge in [0.2, 0.25) is 5.91 Å². The fourth-order valence-corrected chi connectivity index (χ4v) is 10.1. The average molecular weight is 540 g/mol. The molecule has 5 rings (SSSR count). The third kappa shape index (κ3) is 5.40. The minimum Gasteiger partial charge on any atom is -0.480 e. The Kier molecular flexibility index (Phi) is 8.18. The summed E-state index contributed by atoms with van der Waals surface area (Å²) in [5, 5.41) is 34.0. The van der Waals surface area contributed by atoms with E-state index in [0.717, 1.165) is 37.7 Å². The number of hydrogen-bond acceptors (Lipinski definition) is 4. The molecule has 0 saturated heterocycles. The summed E-state index contributed by atoms with van der Waals surface area (Å²) in [6.45, 7) is 7.17. The van der Waals surface area contributed by atoms with Crippen molar-refractivity contribution in [1.82, 2.24) is 5.32 Å². The molecule has 6 nitrogen and oxygen atoms in total. The molecule has 0 unspecified atom stereocenters. The Morgan fingerprint density at radius 3 is 2.36 bits per heavy atom. The van der Waals surface area contributed by atoms with E-state index in [9.17, 15) is 24.9 Å². The second kappa shape index (κ2) is 11.2. The minimum atomic E-state index is -0.999. The van der Waals surface area contributed by atoms with Gasteiger partial charge in [-0.25, -0.2) is 4.79 Å². The molecule has 11 atom stereocenters. The number of benzene rings is 1. The largest absolute Gasteiger partial charge is 0.480 e. The average Bonchev–Trinajstić information content (AvgIpc) is 3.26. The molecule has 0 radical (unpaired) electrons. The molecule has 0 bridgehead atoms. The fourth-order valence-electron chi connectivity index (χ4n) is 10.1. The molecule has 4 fully saturated rings. The second-order valence-electron chi connectivity index (χ2n) is 14.1. The van der Waals surface area contributed by atoms with E-state index in [2.05, 4.69) is 26.1 Å². The Morgan fingerprint density at radius 1 is 0.949 bits per heavy atom. The molecule has 1 aromatic rings. The van der Waals surface area contributed by atoms with E-state index >= 15 is 0 Å². The Labute approximate surface area is 234 Å². The number of rotatable bonds is 8. The number of hydrogen-bond donors (Lipinski definition) is 4. The number of nitrogens with one attached hydrogen (secondary N) is 1. The van der Waals surface area contributed by atoms with Crippen molar-refractivity contribution in [2.24, 2.45) is 46.3 Å². The summed E-state index contributed by atoms with van der Waals surface area (Å²) in [5.74, 6) is 1.77. The van der Waals surface area contributed by atoms with Crippen LogP contribution in [-0.4, -0.2) is 45.4 Å². The van der Waals surface area contributed by atoms with Crippen molar-refractivity contribution in [3.05, 3.63) is 35.9 Å². The van der Waals surface area contributed by atoms with Crippen LogP contribution in [0.15, 0.2) is 30.3 Å². The second-order valence-corrected chi connectivity index (χ2v) is 14.1. The van der Waals surface area contributed by atoms with Gasteiger partial charge in [0.05, 0.1) is 12.2 Å². The van der Waals surface area contributed by atoms with Crippen LogP contribution < -0.4 is 5.32 Å². The third-order valence-electron chi connectivity index (χ3n) is 12.2. The first-order valence-electron chi connectivity index (χ1n) is 15.4. The van der Waals surface area contributed by atoms with Gasteiger partial charge >= 0.3 is 5.97 Å². The smallest absolute Gasteiger partial charge is 0.326 e. The lowest BCUT2D eigenvalue weighted by Gasteiger charge is -2.62. The molecule has 1 aromatic carbocycles. The van der Waals surface area contributed by atoms with E-state index in [1.54, 1.807) is 0 Å². The van der Waals surface area contributed by atoms with Crippen LogP contribution in [0.25, 0.3) is 0 Å². The number of aliphatic hydroxyl groups excluding tert-OH is 2. The van der Waals surface area contributed by atoms with Gasteiger partial charge in [-0.3, -0.25) is 4.79 Å². The molecule has 4 aliphatic carbocycles. The highest BCUT2D eigenvalue weighted by Gasteiger charge is 2.62. The molecular weight excluding hydrogens is 490 g/mol. The number of carbonyl (C=O) groups is 2. The highest BCUT2D eigenvalue weighted by Crippen LogP contribution is 2.68. The molecule has 1 amide bonds. The van der Waals surface area contributed by atoms with Crippen LogP contribution in [0.1, 0.15) is 90.5 Å². The summed E-state index contributed by atoms with van der Waals surface area (Å²) in [4.78, 5) is 24.6. The first-order valence-corrected chi connectivity index (χ1v) is 15.4. The number of carbonyl (C=O) groups excluding carboxylic acids is 1. The van der Waals surface area contributed by atoms with Crippen molar-refractivity contribution in [2.45, 2.75) is 110 Å². The zero-order valence-corrected chi connectivity index (χ0v) is 24.0. The van der Waals surface area contributed by atoms with Gasteiger partial charge in [0.1, 0.15) is 6.04 Å². The van der Waals surface area contributed by atoms with E-state index < -0.39 is 12.0 Å². The molecule has 0 heterocycles. The number of amides is 1. The molecule has 4 saturated carbocycles. The number of carboxylic acids is 1. The maximum Gasteiger partial charge on any atom is 0.326 e. The van der Waals surface area contributed by atoms with Gasteiger partial charge in [0.25, 0.3) is 0 Å². The van der Waals surface area contributed by atoms with Crippen molar-refractivity contribution >= 4 is 11.9 Å². The van der Waals surface area contributed by atoms with Gasteiger partial charge < -0.3 is 20.6 Å². The highest BCUT2D eigenvalue weighted by molar-refractivity contribution is 5.83. The maximum atomic E-state index is 12.8. The highest BCUT2D eigenvalue weighted by atomic mass is 16.4. The van der Waals surface area contributed by atoms with Crippen molar-refractivity contribution in [3.63, 3.8) is 0 Å². The molecular formula is C33H49NO5. The Bertz CT molecular complexity index is 1030. The zero-order valence-electron chi connectivity index (χ0n) is 24.0. The number of carboxylic acid groups (broad SMARTS) is 1. The molecule has 6 heteroatoms. The Hall–Kier alpha value is -1.92. The summed E-state index contributed by atoms with van der Waals surface area (Å²) >= 11 is 0. The number of aliphatic hydroxyl groups is 2. The maximum absolute atomic E-state index is 12.8.